The van der Waals surface area contributed by atoms with Crippen molar-refractivity contribution in [3.8, 4) is 11.5 Å². The van der Waals surface area contributed by atoms with Crippen LogP contribution >= 0.6 is 0 Å². The highest BCUT2D eigenvalue weighted by Gasteiger charge is 2.14. The highest BCUT2D eigenvalue weighted by atomic mass is 16.5. The van der Waals surface area contributed by atoms with Crippen molar-refractivity contribution in [2.24, 2.45) is 0 Å². The molecule has 0 saturated carbocycles. The Kier molecular flexibility index (Phi) is 8.80. The summed E-state index contributed by atoms with van der Waals surface area (Å²) in [5, 5.41) is 0. The van der Waals surface area contributed by atoms with Crippen LogP contribution in [0.5, 0.6) is 11.5 Å². The zero-order valence-electron chi connectivity index (χ0n) is 19.0. The van der Waals surface area contributed by atoms with E-state index in [9.17, 15) is 4.79 Å². The Balaban J connectivity index is 1.60. The lowest BCUT2D eigenvalue weighted by Gasteiger charge is -2.20. The van der Waals surface area contributed by atoms with Crippen molar-refractivity contribution in [1.29, 1.82) is 0 Å². The first-order valence-electron chi connectivity index (χ1n) is 10.9. The van der Waals surface area contributed by atoms with Crippen LogP contribution in [-0.2, 0) is 11.3 Å². The predicted octanol–water partition coefficient (Wildman–Crippen LogP) is 4.33. The Morgan fingerprint density at radius 3 is 2.34 bits per heavy atom. The third-order valence-electron chi connectivity index (χ3n) is 5.23. The van der Waals surface area contributed by atoms with Crippen LogP contribution in [0.3, 0.4) is 0 Å². The van der Waals surface area contributed by atoms with Crippen LogP contribution in [0, 0.1) is 6.92 Å². The molecule has 0 bridgehead atoms. The molecule has 0 aliphatic rings. The van der Waals surface area contributed by atoms with E-state index in [1.807, 2.05) is 44.2 Å². The van der Waals surface area contributed by atoms with Gasteiger partial charge in [0.05, 0.1) is 12.6 Å². The van der Waals surface area contributed by atoms with Gasteiger partial charge in [0, 0.05) is 37.9 Å². The first-order chi connectivity index (χ1) is 15.6. The molecule has 1 aromatic carbocycles. The lowest BCUT2D eigenvalue weighted by molar-refractivity contribution is 0.189. The van der Waals surface area contributed by atoms with Gasteiger partial charge >= 0.3 is 0 Å². The highest BCUT2D eigenvalue weighted by molar-refractivity contribution is 5.31. The lowest BCUT2D eigenvalue weighted by atomic mass is 10.1. The molecule has 2 aromatic heterocycles. The molecule has 7 nitrogen and oxygen atoms in total. The van der Waals surface area contributed by atoms with Gasteiger partial charge in [-0.2, -0.15) is 0 Å². The van der Waals surface area contributed by atoms with Crippen molar-refractivity contribution in [3.05, 3.63) is 82.3 Å². The molecule has 32 heavy (non-hydrogen) atoms. The van der Waals surface area contributed by atoms with E-state index in [4.69, 9.17) is 14.2 Å². The van der Waals surface area contributed by atoms with Gasteiger partial charge in [-0.1, -0.05) is 12.1 Å². The molecule has 7 heteroatoms. The molecule has 0 amide bonds. The normalized spacial score (nSPS) is 11.8. The summed E-state index contributed by atoms with van der Waals surface area (Å²) in [4.78, 5) is 21.1. The number of unbranched alkanes of at least 4 members (excludes halogenated alkanes) is 2. The maximum Gasteiger partial charge on any atom is 0.254 e. The fraction of sp³-hybridized carbons (Fsp3) is 0.400. The quantitative estimate of drug-likeness (QED) is 0.393. The van der Waals surface area contributed by atoms with Gasteiger partial charge in [-0.25, -0.2) is 9.97 Å². The molecule has 0 N–H and O–H groups in total. The summed E-state index contributed by atoms with van der Waals surface area (Å²) in [6.07, 6.45) is 6.46. The smallest absolute Gasteiger partial charge is 0.254 e. The summed E-state index contributed by atoms with van der Waals surface area (Å²) >= 11 is 0. The van der Waals surface area contributed by atoms with Crippen LogP contribution in [0.4, 0.5) is 0 Å². The van der Waals surface area contributed by atoms with Crippen LogP contribution in [0.15, 0.2) is 59.7 Å². The molecule has 3 aromatic rings. The van der Waals surface area contributed by atoms with Gasteiger partial charge in [0.15, 0.2) is 5.82 Å². The minimum absolute atomic E-state index is 0.113. The van der Waals surface area contributed by atoms with E-state index in [0.717, 1.165) is 42.9 Å². The Bertz CT molecular complexity index is 1020. The number of hydrogen-bond acceptors (Lipinski definition) is 6. The number of aryl methyl sites for hydroxylation is 1. The van der Waals surface area contributed by atoms with E-state index in [-0.39, 0.29) is 18.2 Å². The topological polar surface area (TPSA) is 75.5 Å². The third-order valence-corrected chi connectivity index (χ3v) is 5.23. The van der Waals surface area contributed by atoms with E-state index < -0.39 is 0 Å². The van der Waals surface area contributed by atoms with Crippen molar-refractivity contribution in [2.45, 2.75) is 45.8 Å². The number of benzene rings is 1. The molecule has 0 spiro atoms. The van der Waals surface area contributed by atoms with Crippen molar-refractivity contribution in [1.82, 2.24) is 14.5 Å². The average molecular weight is 438 g/mol. The molecule has 0 aliphatic heterocycles. The van der Waals surface area contributed by atoms with Gasteiger partial charge in [-0.15, -0.1) is 0 Å². The number of nitrogens with zero attached hydrogens (tertiary/aromatic N) is 3. The minimum atomic E-state index is -0.114. The summed E-state index contributed by atoms with van der Waals surface area (Å²) < 4.78 is 18.4. The van der Waals surface area contributed by atoms with Gasteiger partial charge in [0.2, 0.25) is 0 Å². The number of hydrogen-bond donors (Lipinski definition) is 0. The van der Waals surface area contributed by atoms with E-state index in [2.05, 4.69) is 9.97 Å². The van der Waals surface area contributed by atoms with Gasteiger partial charge in [-0.05, 0) is 62.9 Å². The Labute approximate surface area is 189 Å². The van der Waals surface area contributed by atoms with Crippen LogP contribution in [0.25, 0.3) is 0 Å². The van der Waals surface area contributed by atoms with Crippen molar-refractivity contribution in [2.75, 3.05) is 20.3 Å². The van der Waals surface area contributed by atoms with Gasteiger partial charge in [0.1, 0.15) is 18.1 Å². The molecule has 2 heterocycles. The number of methoxy groups -OCH3 is 1. The minimum Gasteiger partial charge on any atom is -0.494 e. The van der Waals surface area contributed by atoms with Gasteiger partial charge < -0.3 is 18.8 Å². The van der Waals surface area contributed by atoms with E-state index in [1.165, 1.54) is 6.07 Å². The molecule has 0 aliphatic carbocycles. The molecular formula is C25H31N3O4. The summed E-state index contributed by atoms with van der Waals surface area (Å²) in [5.41, 5.74) is 1.75. The van der Waals surface area contributed by atoms with Crippen LogP contribution in [0.1, 0.15) is 49.3 Å². The van der Waals surface area contributed by atoms with Gasteiger partial charge in [-0.3, -0.25) is 4.79 Å². The Morgan fingerprint density at radius 1 is 0.938 bits per heavy atom. The largest absolute Gasteiger partial charge is 0.494 e. The summed E-state index contributed by atoms with van der Waals surface area (Å²) in [7, 11) is 1.72. The second kappa shape index (κ2) is 12.0. The van der Waals surface area contributed by atoms with E-state index in [1.54, 1.807) is 30.1 Å². The molecule has 0 radical (unpaired) electrons. The second-order valence-electron chi connectivity index (χ2n) is 7.64. The molecule has 0 saturated heterocycles. The molecule has 0 fully saturated rings. The molecule has 3 rings (SSSR count). The van der Waals surface area contributed by atoms with E-state index >= 15 is 0 Å². The summed E-state index contributed by atoms with van der Waals surface area (Å²) in [6, 6.07) is 12.9. The lowest BCUT2D eigenvalue weighted by Crippen LogP contribution is -2.25. The highest BCUT2D eigenvalue weighted by Crippen LogP contribution is 2.23. The third kappa shape index (κ3) is 6.65. The standard InChI is InChI=1S/C25H31N3O4/c1-19-16-23(32-18-24-26-12-7-13-27-24)17-25(29)28(19)20(2)21-8-10-22(11-9-21)31-15-6-4-5-14-30-3/h7-13,16-17,20H,4-6,14-15,18H2,1-3H3/t20-/m1/s1. The predicted molar refractivity (Wildman–Crippen MR) is 123 cm³/mol. The number of ether oxygens (including phenoxy) is 3. The first kappa shape index (κ1) is 23.5. The maximum atomic E-state index is 12.8. The summed E-state index contributed by atoms with van der Waals surface area (Å²) in [5.74, 6) is 1.92. The zero-order chi connectivity index (χ0) is 22.8. The number of rotatable bonds is 12. The van der Waals surface area contributed by atoms with Gasteiger partial charge in [0.25, 0.3) is 5.56 Å². The van der Waals surface area contributed by atoms with Crippen molar-refractivity contribution < 1.29 is 14.2 Å². The van der Waals surface area contributed by atoms with Crippen LogP contribution in [-0.4, -0.2) is 34.9 Å². The van der Waals surface area contributed by atoms with Crippen LogP contribution in [0.2, 0.25) is 0 Å². The number of aromatic nitrogens is 3. The molecule has 170 valence electrons. The fourth-order valence-corrected chi connectivity index (χ4v) is 3.52. The van der Waals surface area contributed by atoms with Crippen molar-refractivity contribution in [3.63, 3.8) is 0 Å². The van der Waals surface area contributed by atoms with E-state index in [0.29, 0.717) is 18.2 Å². The maximum absolute atomic E-state index is 12.8. The first-order valence-corrected chi connectivity index (χ1v) is 10.9. The Hall–Kier alpha value is -3.19. The van der Waals surface area contributed by atoms with Crippen molar-refractivity contribution >= 4 is 0 Å². The molecule has 0 unspecified atom stereocenters. The van der Waals surface area contributed by atoms with Crippen LogP contribution < -0.4 is 15.0 Å². The number of pyridine rings is 1. The molecular weight excluding hydrogens is 406 g/mol. The Morgan fingerprint density at radius 2 is 1.66 bits per heavy atom. The average Bonchev–Trinajstić information content (AvgIpc) is 2.80. The summed E-state index contributed by atoms with van der Waals surface area (Å²) in [6.45, 7) is 5.61. The monoisotopic (exact) mass is 437 g/mol. The molecule has 1 atom stereocenters. The SMILES string of the molecule is COCCCCCOc1ccc([C@@H](C)n2c(C)cc(OCc3ncccn3)cc2=O)cc1. The fourth-order valence-electron chi connectivity index (χ4n) is 3.52. The zero-order valence-corrected chi connectivity index (χ0v) is 19.0. The second-order valence-corrected chi connectivity index (χ2v) is 7.64.